The standard InChI is InChI=1S/C16H24N4O2/c21-16(13-5-1-2-8-17-13)20-9-3-4-12(10-20)14-18-15(22-19-14)11-6-7-11/h11-13,17H,1-10H2. The Bertz CT molecular complexity index is 534. The first kappa shape index (κ1) is 14.2. The number of hydrogen-bond donors (Lipinski definition) is 1. The lowest BCUT2D eigenvalue weighted by Gasteiger charge is -2.35. The van der Waals surface area contributed by atoms with Crippen molar-refractivity contribution < 1.29 is 9.32 Å². The highest BCUT2D eigenvalue weighted by Crippen LogP contribution is 2.39. The van der Waals surface area contributed by atoms with Gasteiger partial charge in [-0.1, -0.05) is 11.6 Å². The minimum absolute atomic E-state index is 0.0137. The van der Waals surface area contributed by atoms with E-state index in [0.717, 1.165) is 57.0 Å². The van der Waals surface area contributed by atoms with Crippen LogP contribution >= 0.6 is 0 Å². The smallest absolute Gasteiger partial charge is 0.239 e. The number of likely N-dealkylation sites (tertiary alicyclic amines) is 1. The fraction of sp³-hybridized carbons (Fsp3) is 0.812. The Morgan fingerprint density at radius 1 is 1.14 bits per heavy atom. The van der Waals surface area contributed by atoms with Crippen molar-refractivity contribution in [2.45, 2.75) is 62.8 Å². The highest BCUT2D eigenvalue weighted by atomic mass is 16.5. The molecule has 0 spiro atoms. The normalized spacial score (nSPS) is 29.5. The van der Waals surface area contributed by atoms with Crippen molar-refractivity contribution in [3.05, 3.63) is 11.7 Å². The summed E-state index contributed by atoms with van der Waals surface area (Å²) in [5.41, 5.74) is 0. The Morgan fingerprint density at radius 2 is 2.05 bits per heavy atom. The second-order valence-electron chi connectivity index (χ2n) is 6.89. The Hall–Kier alpha value is -1.43. The molecule has 1 aliphatic carbocycles. The number of rotatable bonds is 3. The van der Waals surface area contributed by atoms with Crippen molar-refractivity contribution in [1.82, 2.24) is 20.4 Å². The zero-order chi connectivity index (χ0) is 14.9. The SMILES string of the molecule is O=C(C1CCCCN1)N1CCCC(c2noc(C3CC3)n2)C1. The summed E-state index contributed by atoms with van der Waals surface area (Å²) in [5, 5.41) is 7.52. The van der Waals surface area contributed by atoms with E-state index in [1.54, 1.807) is 0 Å². The molecule has 1 aromatic heterocycles. The van der Waals surface area contributed by atoms with Crippen LogP contribution in [0.15, 0.2) is 4.52 Å². The van der Waals surface area contributed by atoms with Crippen LogP contribution in [0.4, 0.5) is 0 Å². The van der Waals surface area contributed by atoms with Gasteiger partial charge in [-0.25, -0.2) is 0 Å². The average molecular weight is 304 g/mol. The minimum atomic E-state index is 0.0137. The van der Waals surface area contributed by atoms with Crippen molar-refractivity contribution >= 4 is 5.91 Å². The maximum absolute atomic E-state index is 12.7. The van der Waals surface area contributed by atoms with E-state index in [-0.39, 0.29) is 17.9 Å². The largest absolute Gasteiger partial charge is 0.341 e. The lowest BCUT2D eigenvalue weighted by Crippen LogP contribution is -2.51. The molecule has 4 rings (SSSR count). The van der Waals surface area contributed by atoms with Crippen LogP contribution in [0.25, 0.3) is 0 Å². The number of piperidine rings is 2. The van der Waals surface area contributed by atoms with Crippen LogP contribution in [-0.4, -0.2) is 46.6 Å². The van der Waals surface area contributed by atoms with E-state index in [2.05, 4.69) is 15.5 Å². The highest BCUT2D eigenvalue weighted by molar-refractivity contribution is 5.82. The summed E-state index contributed by atoms with van der Waals surface area (Å²) in [6.07, 6.45) is 7.71. The number of carbonyl (C=O) groups is 1. The van der Waals surface area contributed by atoms with Gasteiger partial charge in [-0.15, -0.1) is 0 Å². The summed E-state index contributed by atoms with van der Waals surface area (Å²) in [7, 11) is 0. The molecular formula is C16H24N4O2. The summed E-state index contributed by atoms with van der Waals surface area (Å²) < 4.78 is 5.38. The lowest BCUT2D eigenvalue weighted by molar-refractivity contribution is -0.135. The Kier molecular flexibility index (Phi) is 3.86. The molecule has 0 radical (unpaired) electrons. The minimum Gasteiger partial charge on any atom is -0.341 e. The van der Waals surface area contributed by atoms with E-state index < -0.39 is 0 Å². The molecule has 3 fully saturated rings. The monoisotopic (exact) mass is 304 g/mol. The second kappa shape index (κ2) is 5.99. The van der Waals surface area contributed by atoms with Gasteiger partial charge in [0, 0.05) is 24.9 Å². The zero-order valence-corrected chi connectivity index (χ0v) is 13.0. The van der Waals surface area contributed by atoms with Crippen LogP contribution in [0.2, 0.25) is 0 Å². The Balaban J connectivity index is 1.40. The van der Waals surface area contributed by atoms with Crippen LogP contribution in [-0.2, 0) is 4.79 Å². The van der Waals surface area contributed by atoms with E-state index in [1.165, 1.54) is 19.3 Å². The predicted molar refractivity (Wildman–Crippen MR) is 80.5 cm³/mol. The molecule has 22 heavy (non-hydrogen) atoms. The molecule has 2 aliphatic heterocycles. The molecule has 6 heteroatoms. The van der Waals surface area contributed by atoms with E-state index in [1.807, 2.05) is 4.90 Å². The van der Waals surface area contributed by atoms with Gasteiger partial charge in [0.1, 0.15) is 0 Å². The summed E-state index contributed by atoms with van der Waals surface area (Å²) in [4.78, 5) is 19.2. The number of carbonyl (C=O) groups excluding carboxylic acids is 1. The molecule has 3 aliphatic rings. The average Bonchev–Trinajstić information content (AvgIpc) is 3.32. The van der Waals surface area contributed by atoms with Crippen molar-refractivity contribution in [2.75, 3.05) is 19.6 Å². The number of aromatic nitrogens is 2. The topological polar surface area (TPSA) is 71.3 Å². The first-order valence-electron chi connectivity index (χ1n) is 8.67. The molecule has 2 unspecified atom stereocenters. The molecule has 0 aromatic carbocycles. The molecule has 0 bridgehead atoms. The maximum atomic E-state index is 12.7. The van der Waals surface area contributed by atoms with Crippen molar-refractivity contribution in [2.24, 2.45) is 0 Å². The van der Waals surface area contributed by atoms with Gasteiger partial charge in [0.05, 0.1) is 6.04 Å². The van der Waals surface area contributed by atoms with Gasteiger partial charge in [-0.05, 0) is 45.1 Å². The Morgan fingerprint density at radius 3 is 2.82 bits per heavy atom. The number of hydrogen-bond acceptors (Lipinski definition) is 5. The second-order valence-corrected chi connectivity index (χ2v) is 6.89. The number of nitrogens with one attached hydrogen (secondary N) is 1. The molecule has 2 atom stereocenters. The molecule has 1 amide bonds. The third-order valence-corrected chi connectivity index (χ3v) is 5.09. The van der Waals surface area contributed by atoms with Crippen LogP contribution < -0.4 is 5.32 Å². The first-order valence-corrected chi connectivity index (χ1v) is 8.67. The third-order valence-electron chi connectivity index (χ3n) is 5.09. The highest BCUT2D eigenvalue weighted by Gasteiger charge is 2.34. The van der Waals surface area contributed by atoms with Crippen LogP contribution in [0.5, 0.6) is 0 Å². The summed E-state index contributed by atoms with van der Waals surface area (Å²) in [6.45, 7) is 2.56. The molecular weight excluding hydrogens is 280 g/mol. The summed E-state index contributed by atoms with van der Waals surface area (Å²) >= 11 is 0. The maximum Gasteiger partial charge on any atom is 0.239 e. The Labute approximate surface area is 130 Å². The predicted octanol–water partition coefficient (Wildman–Crippen LogP) is 1.80. The summed E-state index contributed by atoms with van der Waals surface area (Å²) in [6, 6.07) is 0.0137. The molecule has 6 nitrogen and oxygen atoms in total. The van der Waals surface area contributed by atoms with Crippen molar-refractivity contribution in [3.63, 3.8) is 0 Å². The fourth-order valence-corrected chi connectivity index (χ4v) is 3.58. The zero-order valence-electron chi connectivity index (χ0n) is 13.0. The van der Waals surface area contributed by atoms with E-state index in [0.29, 0.717) is 5.92 Å². The molecule has 120 valence electrons. The summed E-state index contributed by atoms with van der Waals surface area (Å²) in [5.74, 6) is 2.59. The molecule has 3 heterocycles. The lowest BCUT2D eigenvalue weighted by atomic mass is 9.95. The van der Waals surface area contributed by atoms with Gasteiger partial charge in [0.25, 0.3) is 0 Å². The quantitative estimate of drug-likeness (QED) is 0.922. The number of amides is 1. The molecule has 1 aromatic rings. The van der Waals surface area contributed by atoms with Gasteiger partial charge in [-0.2, -0.15) is 4.98 Å². The van der Waals surface area contributed by atoms with Gasteiger partial charge in [-0.3, -0.25) is 4.79 Å². The van der Waals surface area contributed by atoms with Gasteiger partial charge >= 0.3 is 0 Å². The number of nitrogens with zero attached hydrogens (tertiary/aromatic N) is 3. The van der Waals surface area contributed by atoms with Crippen LogP contribution in [0.1, 0.15) is 68.5 Å². The van der Waals surface area contributed by atoms with Crippen LogP contribution in [0.3, 0.4) is 0 Å². The first-order chi connectivity index (χ1) is 10.8. The van der Waals surface area contributed by atoms with Gasteiger partial charge in [0.15, 0.2) is 5.82 Å². The fourth-order valence-electron chi connectivity index (χ4n) is 3.58. The molecule has 1 saturated carbocycles. The molecule has 2 saturated heterocycles. The van der Waals surface area contributed by atoms with Crippen LogP contribution in [0, 0.1) is 0 Å². The molecule has 1 N–H and O–H groups in total. The van der Waals surface area contributed by atoms with Gasteiger partial charge in [0.2, 0.25) is 11.8 Å². The van der Waals surface area contributed by atoms with E-state index in [9.17, 15) is 4.79 Å². The van der Waals surface area contributed by atoms with E-state index >= 15 is 0 Å². The van der Waals surface area contributed by atoms with Crippen molar-refractivity contribution in [1.29, 1.82) is 0 Å². The van der Waals surface area contributed by atoms with Crippen molar-refractivity contribution in [3.8, 4) is 0 Å². The van der Waals surface area contributed by atoms with E-state index in [4.69, 9.17) is 4.52 Å². The van der Waals surface area contributed by atoms with Gasteiger partial charge < -0.3 is 14.7 Å². The third kappa shape index (κ3) is 2.89.